The van der Waals surface area contributed by atoms with Crippen LogP contribution in [0.15, 0.2) is 46.8 Å². The van der Waals surface area contributed by atoms with Crippen LogP contribution in [0.25, 0.3) is 10.2 Å². The minimum Gasteiger partial charge on any atom is -0.346 e. The van der Waals surface area contributed by atoms with Crippen molar-refractivity contribution < 1.29 is 9.59 Å². The fraction of sp³-hybridized carbons (Fsp3) is 0.250. The molecule has 2 amide bonds. The minimum atomic E-state index is -0.335. The highest BCUT2D eigenvalue weighted by atomic mass is 32.2. The van der Waals surface area contributed by atoms with E-state index < -0.39 is 0 Å². The van der Waals surface area contributed by atoms with Gasteiger partial charge in [0.05, 0.1) is 22.0 Å². The zero-order valence-electron chi connectivity index (χ0n) is 15.4. The van der Waals surface area contributed by atoms with E-state index in [2.05, 4.69) is 15.6 Å². The van der Waals surface area contributed by atoms with Crippen molar-refractivity contribution in [3.05, 3.63) is 53.6 Å². The van der Waals surface area contributed by atoms with Gasteiger partial charge in [-0.05, 0) is 44.0 Å². The Morgan fingerprint density at radius 3 is 2.52 bits per heavy atom. The smallest absolute Gasteiger partial charge is 0.243 e. The highest BCUT2D eigenvalue weighted by Gasteiger charge is 2.18. The van der Waals surface area contributed by atoms with Crippen LogP contribution in [0.1, 0.15) is 18.1 Å². The molecule has 1 atom stereocenters. The maximum Gasteiger partial charge on any atom is 0.243 e. The molecular formula is C20H21N3O2S2. The number of carbonyl (C=O) groups excluding carboxylic acids is 2. The zero-order chi connectivity index (χ0) is 19.4. The second kappa shape index (κ2) is 8.54. The number of thiazole rings is 1. The number of aryl methyl sites for hydroxylation is 2. The third-order valence-corrected chi connectivity index (χ3v) is 6.32. The molecule has 0 aliphatic rings. The molecule has 0 saturated carbocycles. The Kier molecular flexibility index (Phi) is 6.13. The summed E-state index contributed by atoms with van der Waals surface area (Å²) < 4.78 is 1.94. The number of para-hydroxylation sites is 2. The lowest BCUT2D eigenvalue weighted by Gasteiger charge is -2.13. The van der Waals surface area contributed by atoms with Crippen LogP contribution in [-0.4, -0.2) is 28.6 Å². The molecule has 0 aliphatic carbocycles. The van der Waals surface area contributed by atoms with Gasteiger partial charge in [-0.25, -0.2) is 4.98 Å². The molecule has 1 aromatic heterocycles. The second-order valence-electron chi connectivity index (χ2n) is 6.24. The molecular weight excluding hydrogens is 378 g/mol. The quantitative estimate of drug-likeness (QED) is 0.611. The van der Waals surface area contributed by atoms with Crippen molar-refractivity contribution in [1.82, 2.24) is 10.3 Å². The van der Waals surface area contributed by atoms with Gasteiger partial charge in [0, 0.05) is 5.69 Å². The van der Waals surface area contributed by atoms with Gasteiger partial charge < -0.3 is 10.6 Å². The summed E-state index contributed by atoms with van der Waals surface area (Å²) in [5.41, 5.74) is 3.73. The van der Waals surface area contributed by atoms with Gasteiger partial charge in [-0.2, -0.15) is 0 Å². The molecule has 0 bridgehead atoms. The van der Waals surface area contributed by atoms with Crippen molar-refractivity contribution in [2.24, 2.45) is 0 Å². The summed E-state index contributed by atoms with van der Waals surface area (Å²) in [6.45, 7) is 5.64. The van der Waals surface area contributed by atoms with Crippen LogP contribution in [0.4, 0.5) is 5.69 Å². The van der Waals surface area contributed by atoms with Crippen molar-refractivity contribution in [2.45, 2.75) is 30.4 Å². The van der Waals surface area contributed by atoms with Gasteiger partial charge >= 0.3 is 0 Å². The maximum atomic E-state index is 12.3. The van der Waals surface area contributed by atoms with Crippen LogP contribution in [0, 0.1) is 13.8 Å². The summed E-state index contributed by atoms with van der Waals surface area (Å²) in [6, 6.07) is 13.7. The monoisotopic (exact) mass is 399 g/mol. The molecule has 27 heavy (non-hydrogen) atoms. The first-order valence-electron chi connectivity index (χ1n) is 8.60. The molecule has 0 fully saturated rings. The lowest BCUT2D eigenvalue weighted by atomic mass is 10.1. The van der Waals surface area contributed by atoms with Crippen LogP contribution in [0.5, 0.6) is 0 Å². The van der Waals surface area contributed by atoms with E-state index in [1.807, 2.05) is 63.2 Å². The van der Waals surface area contributed by atoms with E-state index in [0.717, 1.165) is 31.4 Å². The van der Waals surface area contributed by atoms with Gasteiger partial charge in [0.1, 0.15) is 0 Å². The number of nitrogens with zero attached hydrogens (tertiary/aromatic N) is 1. The molecule has 3 rings (SSSR count). The molecule has 1 unspecified atom stereocenters. The first kappa shape index (κ1) is 19.4. The summed E-state index contributed by atoms with van der Waals surface area (Å²) >= 11 is 2.97. The maximum absolute atomic E-state index is 12.3. The Morgan fingerprint density at radius 1 is 1.11 bits per heavy atom. The molecule has 1 heterocycles. The number of fused-ring (bicyclic) bond motifs is 1. The first-order chi connectivity index (χ1) is 12.9. The van der Waals surface area contributed by atoms with Crippen LogP contribution >= 0.6 is 23.1 Å². The summed E-state index contributed by atoms with van der Waals surface area (Å²) in [5.74, 6) is -0.422. The molecule has 0 aliphatic heterocycles. The van der Waals surface area contributed by atoms with Gasteiger partial charge in [0.2, 0.25) is 11.8 Å². The number of hydrogen-bond donors (Lipinski definition) is 2. The van der Waals surface area contributed by atoms with E-state index in [1.54, 1.807) is 11.3 Å². The highest BCUT2D eigenvalue weighted by Crippen LogP contribution is 2.31. The summed E-state index contributed by atoms with van der Waals surface area (Å²) in [6.07, 6.45) is 0. The second-order valence-corrected chi connectivity index (χ2v) is 8.86. The average molecular weight is 400 g/mol. The number of thioether (sulfide) groups is 1. The molecule has 5 nitrogen and oxygen atoms in total. The van der Waals surface area contributed by atoms with Crippen molar-refractivity contribution >= 4 is 50.8 Å². The molecule has 0 saturated heterocycles. The van der Waals surface area contributed by atoms with Gasteiger partial charge in [-0.1, -0.05) is 42.1 Å². The molecule has 140 valence electrons. The van der Waals surface area contributed by atoms with Crippen molar-refractivity contribution in [3.63, 3.8) is 0 Å². The molecule has 0 radical (unpaired) electrons. The number of amides is 2. The predicted molar refractivity (Wildman–Crippen MR) is 112 cm³/mol. The standard InChI is InChI=1S/C20H21N3O2S2/c1-12-7-6-8-13(2)18(12)23-17(24)11-21-19(25)14(3)26-20-22-15-9-4-5-10-16(15)27-20/h4-10,14H,11H2,1-3H3,(H,21,25)(H,23,24). The number of hydrogen-bond acceptors (Lipinski definition) is 5. The minimum absolute atomic E-state index is 0.0582. The Hall–Kier alpha value is -2.38. The Bertz CT molecular complexity index is 931. The Morgan fingerprint density at radius 2 is 1.81 bits per heavy atom. The fourth-order valence-electron chi connectivity index (χ4n) is 2.61. The molecule has 7 heteroatoms. The first-order valence-corrected chi connectivity index (χ1v) is 10.3. The van der Waals surface area contributed by atoms with Crippen LogP contribution in [0.3, 0.4) is 0 Å². The van der Waals surface area contributed by atoms with E-state index in [4.69, 9.17) is 0 Å². The van der Waals surface area contributed by atoms with E-state index in [-0.39, 0.29) is 23.6 Å². The summed E-state index contributed by atoms with van der Waals surface area (Å²) in [4.78, 5) is 29.0. The van der Waals surface area contributed by atoms with Crippen LogP contribution in [-0.2, 0) is 9.59 Å². The Balaban J connectivity index is 1.53. The van der Waals surface area contributed by atoms with E-state index >= 15 is 0 Å². The van der Waals surface area contributed by atoms with E-state index in [1.165, 1.54) is 11.8 Å². The number of rotatable bonds is 6. The number of carbonyl (C=O) groups is 2. The summed E-state index contributed by atoms with van der Waals surface area (Å²) in [5, 5.41) is 5.24. The molecule has 3 aromatic rings. The average Bonchev–Trinajstić information content (AvgIpc) is 3.05. The highest BCUT2D eigenvalue weighted by molar-refractivity contribution is 8.02. The summed E-state index contributed by atoms with van der Waals surface area (Å²) in [7, 11) is 0. The normalized spacial score (nSPS) is 12.0. The van der Waals surface area contributed by atoms with Gasteiger partial charge in [-0.15, -0.1) is 11.3 Å². The third-order valence-electron chi connectivity index (χ3n) is 4.09. The van der Waals surface area contributed by atoms with Crippen molar-refractivity contribution in [3.8, 4) is 0 Å². The zero-order valence-corrected chi connectivity index (χ0v) is 17.0. The topological polar surface area (TPSA) is 71.1 Å². The molecule has 0 spiro atoms. The SMILES string of the molecule is Cc1cccc(C)c1NC(=O)CNC(=O)C(C)Sc1nc2ccccc2s1. The van der Waals surface area contributed by atoms with E-state index in [9.17, 15) is 9.59 Å². The van der Waals surface area contributed by atoms with Gasteiger partial charge in [-0.3, -0.25) is 9.59 Å². The van der Waals surface area contributed by atoms with E-state index in [0.29, 0.717) is 0 Å². The third kappa shape index (κ3) is 4.87. The largest absolute Gasteiger partial charge is 0.346 e. The molecule has 2 aromatic carbocycles. The fourth-order valence-corrected chi connectivity index (χ4v) is 4.85. The predicted octanol–water partition coefficient (Wildman–Crippen LogP) is 4.15. The van der Waals surface area contributed by atoms with Crippen LogP contribution < -0.4 is 10.6 Å². The lowest BCUT2D eigenvalue weighted by Crippen LogP contribution is -2.37. The van der Waals surface area contributed by atoms with Crippen molar-refractivity contribution in [1.29, 1.82) is 0 Å². The Labute approximate surface area is 166 Å². The van der Waals surface area contributed by atoms with Crippen molar-refractivity contribution in [2.75, 3.05) is 11.9 Å². The number of anilines is 1. The number of aromatic nitrogens is 1. The van der Waals surface area contributed by atoms with Gasteiger partial charge in [0.15, 0.2) is 4.34 Å². The lowest BCUT2D eigenvalue weighted by molar-refractivity contribution is -0.123. The van der Waals surface area contributed by atoms with Gasteiger partial charge in [0.25, 0.3) is 0 Å². The number of benzene rings is 2. The molecule has 2 N–H and O–H groups in total. The number of nitrogens with one attached hydrogen (secondary N) is 2. The van der Waals surface area contributed by atoms with Crippen LogP contribution in [0.2, 0.25) is 0 Å².